The summed E-state index contributed by atoms with van der Waals surface area (Å²) in [4.78, 5) is 26.1. The van der Waals surface area contributed by atoms with Gasteiger partial charge in [-0.2, -0.15) is 0 Å². The van der Waals surface area contributed by atoms with Crippen molar-refractivity contribution in [2.24, 2.45) is 0 Å². The number of carboxylic acid groups (broad SMARTS) is 1. The van der Waals surface area contributed by atoms with Gasteiger partial charge in [-0.15, -0.1) is 0 Å². The largest absolute Gasteiger partial charge is 0.478 e. The van der Waals surface area contributed by atoms with E-state index in [-0.39, 0.29) is 11.3 Å². The second-order valence-electron chi connectivity index (χ2n) is 3.97. The molecule has 2 N–H and O–H groups in total. The Morgan fingerprint density at radius 2 is 1.67 bits per heavy atom. The minimum atomic E-state index is -1.37. The predicted molar refractivity (Wildman–Crippen MR) is 65.5 cm³/mol. The van der Waals surface area contributed by atoms with Gasteiger partial charge in [-0.3, -0.25) is 9.78 Å². The zero-order chi connectivity index (χ0) is 15.6. The third-order valence-electron chi connectivity index (χ3n) is 2.48. The summed E-state index contributed by atoms with van der Waals surface area (Å²) in [5.74, 6) is -6.36. The zero-order valence-corrected chi connectivity index (χ0v) is 10.2. The quantitative estimate of drug-likeness (QED) is 0.911. The highest BCUT2D eigenvalue weighted by molar-refractivity contribution is 6.05. The number of rotatable bonds is 3. The lowest BCUT2D eigenvalue weighted by Crippen LogP contribution is -2.16. The minimum absolute atomic E-state index is 0.0666. The Morgan fingerprint density at radius 3 is 2.24 bits per heavy atom. The molecule has 21 heavy (non-hydrogen) atoms. The topological polar surface area (TPSA) is 79.3 Å². The van der Waals surface area contributed by atoms with Gasteiger partial charge in [0.25, 0.3) is 5.91 Å². The number of nitrogens with one attached hydrogen (secondary N) is 1. The van der Waals surface area contributed by atoms with Gasteiger partial charge in [0.1, 0.15) is 23.0 Å². The number of carboxylic acids is 1. The molecule has 0 aliphatic heterocycles. The maximum Gasteiger partial charge on any atom is 0.337 e. The summed E-state index contributed by atoms with van der Waals surface area (Å²) >= 11 is 0. The molecule has 8 heteroatoms. The number of nitrogens with zero attached hydrogens (tertiary/aromatic N) is 1. The van der Waals surface area contributed by atoms with Crippen LogP contribution in [-0.4, -0.2) is 22.0 Å². The standard InChI is InChI=1S/C13H7F3N2O3/c14-7-2-9(15)11(10(16)3-7)12(19)18-8-1-6(13(20)21)4-17-5-8/h1-5H,(H,18,19)(H,20,21). The Hall–Kier alpha value is -2.90. The van der Waals surface area contributed by atoms with Gasteiger partial charge in [0.05, 0.1) is 17.4 Å². The van der Waals surface area contributed by atoms with Gasteiger partial charge in [0.2, 0.25) is 0 Å². The molecule has 0 saturated heterocycles. The van der Waals surface area contributed by atoms with E-state index < -0.39 is 34.9 Å². The first-order valence-corrected chi connectivity index (χ1v) is 5.52. The van der Waals surface area contributed by atoms with Crippen LogP contribution in [0.1, 0.15) is 20.7 Å². The molecular weight excluding hydrogens is 289 g/mol. The Morgan fingerprint density at radius 1 is 1.05 bits per heavy atom. The molecule has 0 aliphatic rings. The zero-order valence-electron chi connectivity index (χ0n) is 10.2. The average Bonchev–Trinajstić information content (AvgIpc) is 2.37. The molecule has 1 aromatic carbocycles. The lowest BCUT2D eigenvalue weighted by atomic mass is 10.1. The van der Waals surface area contributed by atoms with E-state index in [0.29, 0.717) is 12.1 Å². The number of aromatic nitrogens is 1. The Bertz CT molecular complexity index is 711. The van der Waals surface area contributed by atoms with Gasteiger partial charge in [-0.25, -0.2) is 18.0 Å². The normalized spacial score (nSPS) is 10.2. The highest BCUT2D eigenvalue weighted by Gasteiger charge is 2.19. The van der Waals surface area contributed by atoms with E-state index >= 15 is 0 Å². The van der Waals surface area contributed by atoms with Gasteiger partial charge < -0.3 is 10.4 Å². The van der Waals surface area contributed by atoms with Gasteiger partial charge in [0.15, 0.2) is 0 Å². The molecule has 0 atom stereocenters. The number of carbonyl (C=O) groups is 2. The van der Waals surface area contributed by atoms with Crippen LogP contribution in [0.15, 0.2) is 30.6 Å². The number of amides is 1. The number of anilines is 1. The van der Waals surface area contributed by atoms with Crippen molar-refractivity contribution in [2.45, 2.75) is 0 Å². The van der Waals surface area contributed by atoms with Crippen LogP contribution in [0.2, 0.25) is 0 Å². The second-order valence-corrected chi connectivity index (χ2v) is 3.97. The van der Waals surface area contributed by atoms with Crippen molar-refractivity contribution in [1.82, 2.24) is 4.98 Å². The van der Waals surface area contributed by atoms with Crippen molar-refractivity contribution in [1.29, 1.82) is 0 Å². The number of pyridine rings is 1. The van der Waals surface area contributed by atoms with Crippen LogP contribution in [0.25, 0.3) is 0 Å². The molecule has 0 fully saturated rings. The van der Waals surface area contributed by atoms with Crippen LogP contribution < -0.4 is 5.32 Å². The number of aromatic carboxylic acids is 1. The minimum Gasteiger partial charge on any atom is -0.478 e. The van der Waals surface area contributed by atoms with Crippen LogP contribution >= 0.6 is 0 Å². The maximum atomic E-state index is 13.4. The van der Waals surface area contributed by atoms with E-state index in [1.165, 1.54) is 0 Å². The molecule has 0 unspecified atom stereocenters. The smallest absolute Gasteiger partial charge is 0.337 e. The van der Waals surface area contributed by atoms with Crippen molar-refractivity contribution in [3.8, 4) is 0 Å². The third-order valence-corrected chi connectivity index (χ3v) is 2.48. The molecule has 0 spiro atoms. The fourth-order valence-corrected chi connectivity index (χ4v) is 1.58. The monoisotopic (exact) mass is 296 g/mol. The van der Waals surface area contributed by atoms with E-state index in [4.69, 9.17) is 5.11 Å². The molecule has 0 saturated carbocycles. The number of carbonyl (C=O) groups excluding carboxylic acids is 1. The molecule has 5 nitrogen and oxygen atoms in total. The van der Waals surface area contributed by atoms with Gasteiger partial charge in [-0.05, 0) is 6.07 Å². The number of hydrogen-bond acceptors (Lipinski definition) is 3. The van der Waals surface area contributed by atoms with Crippen LogP contribution in [0.5, 0.6) is 0 Å². The van der Waals surface area contributed by atoms with E-state index in [1.807, 2.05) is 0 Å². The molecule has 108 valence electrons. The summed E-state index contributed by atoms with van der Waals surface area (Å²) in [6.07, 6.45) is 2.14. The highest BCUT2D eigenvalue weighted by atomic mass is 19.1. The van der Waals surface area contributed by atoms with E-state index in [1.54, 1.807) is 0 Å². The molecule has 1 amide bonds. The summed E-state index contributed by atoms with van der Waals surface area (Å²) in [5.41, 5.74) is -1.26. The Kier molecular flexibility index (Phi) is 3.88. The summed E-state index contributed by atoms with van der Waals surface area (Å²) in [6, 6.07) is 1.79. The van der Waals surface area contributed by atoms with Crippen LogP contribution in [0.3, 0.4) is 0 Å². The summed E-state index contributed by atoms with van der Waals surface area (Å²) in [5, 5.41) is 10.9. The highest BCUT2D eigenvalue weighted by Crippen LogP contribution is 2.17. The molecule has 1 heterocycles. The summed E-state index contributed by atoms with van der Waals surface area (Å²) in [6.45, 7) is 0. The van der Waals surface area contributed by atoms with Crippen LogP contribution in [-0.2, 0) is 0 Å². The molecule has 0 radical (unpaired) electrons. The van der Waals surface area contributed by atoms with Crippen molar-refractivity contribution in [3.05, 3.63) is 59.2 Å². The van der Waals surface area contributed by atoms with E-state index in [9.17, 15) is 22.8 Å². The average molecular weight is 296 g/mol. The number of halogens is 3. The molecular formula is C13H7F3N2O3. The number of hydrogen-bond donors (Lipinski definition) is 2. The Balaban J connectivity index is 2.30. The molecule has 0 aliphatic carbocycles. The summed E-state index contributed by atoms with van der Waals surface area (Å²) < 4.78 is 39.6. The second kappa shape index (κ2) is 5.61. The van der Waals surface area contributed by atoms with E-state index in [0.717, 1.165) is 18.5 Å². The fourth-order valence-electron chi connectivity index (χ4n) is 1.58. The van der Waals surface area contributed by atoms with E-state index in [2.05, 4.69) is 10.3 Å². The summed E-state index contributed by atoms with van der Waals surface area (Å²) in [7, 11) is 0. The van der Waals surface area contributed by atoms with Crippen molar-refractivity contribution in [3.63, 3.8) is 0 Å². The van der Waals surface area contributed by atoms with Gasteiger partial charge in [0, 0.05) is 18.3 Å². The lowest BCUT2D eigenvalue weighted by Gasteiger charge is -2.07. The number of benzene rings is 1. The van der Waals surface area contributed by atoms with Gasteiger partial charge >= 0.3 is 5.97 Å². The third kappa shape index (κ3) is 3.16. The van der Waals surface area contributed by atoms with Crippen molar-refractivity contribution < 1.29 is 27.9 Å². The predicted octanol–water partition coefficient (Wildman–Crippen LogP) is 2.45. The first-order chi connectivity index (χ1) is 9.88. The first-order valence-electron chi connectivity index (χ1n) is 5.52. The first kappa shape index (κ1) is 14.5. The van der Waals surface area contributed by atoms with Gasteiger partial charge in [-0.1, -0.05) is 0 Å². The molecule has 0 bridgehead atoms. The fraction of sp³-hybridized carbons (Fsp3) is 0. The molecule has 1 aromatic heterocycles. The van der Waals surface area contributed by atoms with Crippen molar-refractivity contribution >= 4 is 17.6 Å². The van der Waals surface area contributed by atoms with Crippen LogP contribution in [0.4, 0.5) is 18.9 Å². The Labute approximate surface area is 116 Å². The SMILES string of the molecule is O=C(O)c1cncc(NC(=O)c2c(F)cc(F)cc2F)c1. The lowest BCUT2D eigenvalue weighted by molar-refractivity contribution is 0.0696. The van der Waals surface area contributed by atoms with Crippen molar-refractivity contribution in [2.75, 3.05) is 5.32 Å². The molecule has 2 rings (SSSR count). The van der Waals surface area contributed by atoms with Crippen LogP contribution in [0, 0.1) is 17.5 Å². The maximum absolute atomic E-state index is 13.4. The molecule has 2 aromatic rings.